The number of halogens is 2. The number of nitrogens with zero attached hydrogens (tertiary/aromatic N) is 5. The molecule has 4 aliphatic rings. The van der Waals surface area contributed by atoms with Gasteiger partial charge in [-0.15, -0.1) is 0 Å². The van der Waals surface area contributed by atoms with E-state index in [4.69, 9.17) is 21.3 Å². The van der Waals surface area contributed by atoms with Crippen LogP contribution in [0.15, 0.2) is 36.9 Å². The maximum absolute atomic E-state index is 15.1. The molecule has 2 atom stereocenters. The predicted octanol–water partition coefficient (Wildman–Crippen LogP) is 2.81. The van der Waals surface area contributed by atoms with Crippen molar-refractivity contribution in [3.63, 3.8) is 0 Å². The Morgan fingerprint density at radius 1 is 1.20 bits per heavy atom. The molecule has 0 radical (unpaired) electrons. The number of pyridine rings is 1. The second-order valence-corrected chi connectivity index (χ2v) is 12.0. The number of ether oxygens (including phenoxy) is 1. The van der Waals surface area contributed by atoms with Gasteiger partial charge in [0.2, 0.25) is 5.91 Å². The number of carbonyl (C=O) groups is 2. The molecule has 3 fully saturated rings. The number of β-amino-alcohol motifs (C(OH)–C–C–N with tert-alkyl or cyclic N) is 1. The topological polar surface area (TPSA) is 89.5 Å². The van der Waals surface area contributed by atoms with Gasteiger partial charge in [0.25, 0.3) is 5.91 Å². The predicted molar refractivity (Wildman–Crippen MR) is 149 cm³/mol. The lowest BCUT2D eigenvalue weighted by Crippen LogP contribution is -2.57. The monoisotopic (exact) mass is 569 g/mol. The van der Waals surface area contributed by atoms with Crippen molar-refractivity contribution in [2.45, 2.75) is 44.0 Å². The summed E-state index contributed by atoms with van der Waals surface area (Å²) < 4.78 is 21.3. The molecule has 0 bridgehead atoms. The van der Waals surface area contributed by atoms with Crippen molar-refractivity contribution in [1.82, 2.24) is 19.7 Å². The molecule has 1 N–H and O–H groups in total. The molecule has 2 aromatic rings. The van der Waals surface area contributed by atoms with Crippen LogP contribution in [-0.4, -0.2) is 106 Å². The van der Waals surface area contributed by atoms with Gasteiger partial charge in [-0.3, -0.25) is 14.5 Å². The quantitative estimate of drug-likeness (QED) is 0.566. The van der Waals surface area contributed by atoms with Crippen LogP contribution in [0.1, 0.15) is 30.6 Å². The summed E-state index contributed by atoms with van der Waals surface area (Å²) in [7, 11) is 0. The Morgan fingerprint density at radius 2 is 1.95 bits per heavy atom. The van der Waals surface area contributed by atoms with E-state index >= 15 is 4.39 Å². The van der Waals surface area contributed by atoms with Crippen molar-refractivity contribution in [2.24, 2.45) is 0 Å². The number of aromatic nitrogens is 1. The van der Waals surface area contributed by atoms with Gasteiger partial charge < -0.3 is 24.5 Å². The van der Waals surface area contributed by atoms with Crippen LogP contribution in [0.3, 0.4) is 0 Å². The van der Waals surface area contributed by atoms with Crippen LogP contribution >= 0.6 is 11.6 Å². The molecule has 1 aromatic heterocycles. The van der Waals surface area contributed by atoms with Crippen LogP contribution < -0.4 is 9.64 Å². The SMILES string of the molecule is C=CC(=O)N1CCN2C(=O)c3c(N4CC(N5CC(O)C5)CC4(C)C)nc(-c4ccccc4F)c(Cl)c3OC[C@H]2C1. The van der Waals surface area contributed by atoms with Crippen molar-refractivity contribution in [3.05, 3.63) is 53.3 Å². The van der Waals surface area contributed by atoms with Gasteiger partial charge in [0.15, 0.2) is 5.75 Å². The van der Waals surface area contributed by atoms with E-state index in [0.29, 0.717) is 45.1 Å². The largest absolute Gasteiger partial charge is 0.489 e. The summed E-state index contributed by atoms with van der Waals surface area (Å²) in [4.78, 5) is 39.2. The third kappa shape index (κ3) is 4.42. The Balaban J connectivity index is 1.47. The Bertz CT molecular complexity index is 1380. The number of carbonyl (C=O) groups excluding carboxylic acids is 2. The molecule has 212 valence electrons. The first-order chi connectivity index (χ1) is 19.1. The van der Waals surface area contributed by atoms with E-state index in [-0.39, 0.29) is 64.2 Å². The van der Waals surface area contributed by atoms with Gasteiger partial charge in [-0.05, 0) is 38.5 Å². The molecule has 3 saturated heterocycles. The number of rotatable bonds is 4. The molecule has 0 aliphatic carbocycles. The maximum Gasteiger partial charge on any atom is 0.261 e. The second-order valence-electron chi connectivity index (χ2n) is 11.6. The van der Waals surface area contributed by atoms with Crippen molar-refractivity contribution in [2.75, 3.05) is 50.8 Å². The molecule has 5 heterocycles. The second kappa shape index (κ2) is 10.0. The Morgan fingerprint density at radius 3 is 2.65 bits per heavy atom. The molecule has 2 amide bonds. The summed E-state index contributed by atoms with van der Waals surface area (Å²) in [6, 6.07) is 6.04. The molecule has 0 spiro atoms. The maximum atomic E-state index is 15.1. The zero-order chi connectivity index (χ0) is 28.3. The van der Waals surface area contributed by atoms with Crippen molar-refractivity contribution in [3.8, 4) is 17.0 Å². The van der Waals surface area contributed by atoms with Gasteiger partial charge in [-0.2, -0.15) is 0 Å². The summed E-state index contributed by atoms with van der Waals surface area (Å²) in [5.41, 5.74) is 0.293. The number of likely N-dealkylation sites (tertiary alicyclic amines) is 1. The number of anilines is 1. The van der Waals surface area contributed by atoms with Crippen LogP contribution in [-0.2, 0) is 4.79 Å². The molecule has 9 nitrogen and oxygen atoms in total. The number of hydrogen-bond donors (Lipinski definition) is 1. The average molecular weight is 570 g/mol. The van der Waals surface area contributed by atoms with Gasteiger partial charge in [0, 0.05) is 56.4 Å². The van der Waals surface area contributed by atoms with Gasteiger partial charge in [0.05, 0.1) is 17.8 Å². The summed E-state index contributed by atoms with van der Waals surface area (Å²) >= 11 is 6.89. The number of hydrogen-bond acceptors (Lipinski definition) is 7. The third-order valence-electron chi connectivity index (χ3n) is 8.59. The number of fused-ring (bicyclic) bond motifs is 2. The molecule has 4 aliphatic heterocycles. The minimum absolute atomic E-state index is 0.0792. The summed E-state index contributed by atoms with van der Waals surface area (Å²) in [6.07, 6.45) is 1.74. The normalized spacial score (nSPS) is 24.6. The summed E-state index contributed by atoms with van der Waals surface area (Å²) in [5.74, 6) is -0.360. The molecule has 40 heavy (non-hydrogen) atoms. The highest BCUT2D eigenvalue weighted by molar-refractivity contribution is 6.35. The minimum Gasteiger partial charge on any atom is -0.489 e. The van der Waals surface area contributed by atoms with Crippen LogP contribution in [0.2, 0.25) is 5.02 Å². The van der Waals surface area contributed by atoms with Gasteiger partial charge in [-0.25, -0.2) is 9.37 Å². The van der Waals surface area contributed by atoms with E-state index in [2.05, 4.69) is 30.2 Å². The smallest absolute Gasteiger partial charge is 0.261 e. The minimum atomic E-state index is -0.480. The van der Waals surface area contributed by atoms with E-state index in [0.717, 1.165) is 6.42 Å². The zero-order valence-electron chi connectivity index (χ0n) is 22.6. The molecule has 6 rings (SSSR count). The van der Waals surface area contributed by atoms with E-state index in [1.165, 1.54) is 12.1 Å². The van der Waals surface area contributed by atoms with Gasteiger partial charge in [0.1, 0.15) is 28.8 Å². The highest BCUT2D eigenvalue weighted by atomic mass is 35.5. The van der Waals surface area contributed by atoms with Gasteiger partial charge in [-0.1, -0.05) is 30.3 Å². The number of benzene rings is 1. The molecule has 1 unspecified atom stereocenters. The fourth-order valence-corrected chi connectivity index (χ4v) is 6.71. The number of aliphatic hydroxyl groups excluding tert-OH is 1. The van der Waals surface area contributed by atoms with Crippen LogP contribution in [0.5, 0.6) is 5.75 Å². The van der Waals surface area contributed by atoms with Gasteiger partial charge >= 0.3 is 0 Å². The summed E-state index contributed by atoms with van der Waals surface area (Å²) in [5, 5.41) is 9.98. The highest BCUT2D eigenvalue weighted by Crippen LogP contribution is 2.47. The molecule has 11 heteroatoms. The Hall–Kier alpha value is -3.21. The Labute approximate surface area is 237 Å². The molecule has 0 saturated carbocycles. The fraction of sp³-hybridized carbons (Fsp3) is 0.483. The number of piperazine rings is 1. The third-order valence-corrected chi connectivity index (χ3v) is 8.94. The number of amides is 2. The first kappa shape index (κ1) is 27.0. The molecule has 1 aromatic carbocycles. The lowest BCUT2D eigenvalue weighted by Gasteiger charge is -2.40. The van der Waals surface area contributed by atoms with Crippen LogP contribution in [0.25, 0.3) is 11.3 Å². The standard InChI is InChI=1S/C29H33ClFN5O4/c1-4-22(38)33-9-10-35-18(12-33)16-40-26-23(28(35)39)27(32-25(24(26)30)20-7-5-6-8-21(20)31)36-13-17(11-29(36,2)3)34-14-19(37)15-34/h4-8,17-19,37H,1,9-16H2,2-3H3/t17?,18-/m1/s1. The van der Waals surface area contributed by atoms with Crippen LogP contribution in [0, 0.1) is 5.82 Å². The average Bonchev–Trinajstić information content (AvgIpc) is 3.15. The number of aliphatic hydroxyl groups is 1. The molecular formula is C29H33ClFN5O4. The van der Waals surface area contributed by atoms with Crippen LogP contribution in [0.4, 0.5) is 10.2 Å². The fourth-order valence-electron chi connectivity index (χ4n) is 6.42. The van der Waals surface area contributed by atoms with E-state index in [1.807, 2.05) is 0 Å². The van der Waals surface area contributed by atoms with E-state index < -0.39 is 11.4 Å². The zero-order valence-corrected chi connectivity index (χ0v) is 23.4. The Kier molecular flexibility index (Phi) is 6.75. The lowest BCUT2D eigenvalue weighted by molar-refractivity contribution is -0.128. The summed E-state index contributed by atoms with van der Waals surface area (Å²) in [6.45, 7) is 10.7. The first-order valence-corrected chi connectivity index (χ1v) is 14.0. The first-order valence-electron chi connectivity index (χ1n) is 13.6. The molecular weight excluding hydrogens is 537 g/mol. The van der Waals surface area contributed by atoms with Crippen molar-refractivity contribution >= 4 is 29.2 Å². The lowest BCUT2D eigenvalue weighted by atomic mass is 9.97. The highest BCUT2D eigenvalue weighted by Gasteiger charge is 2.48. The van der Waals surface area contributed by atoms with Crippen molar-refractivity contribution < 1.29 is 23.8 Å². The van der Waals surface area contributed by atoms with Crippen molar-refractivity contribution in [1.29, 1.82) is 0 Å². The van der Waals surface area contributed by atoms with E-state index in [1.54, 1.807) is 28.0 Å². The van der Waals surface area contributed by atoms with E-state index in [9.17, 15) is 14.7 Å².